The van der Waals surface area contributed by atoms with E-state index in [0.29, 0.717) is 24.5 Å². The molecule has 0 aliphatic carbocycles. The summed E-state index contributed by atoms with van der Waals surface area (Å²) in [5.41, 5.74) is 6.16. The van der Waals surface area contributed by atoms with Gasteiger partial charge in [0.05, 0.1) is 11.4 Å². The molecule has 0 saturated carbocycles. The van der Waals surface area contributed by atoms with Crippen LogP contribution in [0.15, 0.2) is 54.6 Å². The molecule has 154 valence electrons. The Morgan fingerprint density at radius 3 is 2.57 bits per heavy atom. The molecule has 3 aromatic rings. The van der Waals surface area contributed by atoms with E-state index in [4.69, 9.17) is 5.21 Å². The maximum atomic E-state index is 12.7. The van der Waals surface area contributed by atoms with Gasteiger partial charge in [0.15, 0.2) is 0 Å². The highest BCUT2D eigenvalue weighted by Crippen LogP contribution is 2.27. The van der Waals surface area contributed by atoms with Crippen molar-refractivity contribution in [2.45, 2.75) is 13.0 Å². The highest BCUT2D eigenvalue weighted by atomic mass is 35.5. The first-order valence-corrected chi connectivity index (χ1v) is 9.28. The minimum Gasteiger partial charge on any atom is -0.358 e. The van der Waals surface area contributed by atoms with Crippen LogP contribution in [0, 0.1) is 0 Å². The molecule has 0 radical (unpaired) electrons. The molecule has 0 spiro atoms. The molecule has 30 heavy (non-hydrogen) atoms. The summed E-state index contributed by atoms with van der Waals surface area (Å²) in [6.07, 6.45) is 6.64. The van der Waals surface area contributed by atoms with Gasteiger partial charge in [-0.25, -0.2) is 10.5 Å². The average molecular weight is 425 g/mol. The van der Waals surface area contributed by atoms with Gasteiger partial charge in [-0.3, -0.25) is 14.8 Å². The molecule has 0 atom stereocenters. The number of benzene rings is 1. The van der Waals surface area contributed by atoms with E-state index in [2.05, 4.69) is 22.1 Å². The predicted molar refractivity (Wildman–Crippen MR) is 117 cm³/mol. The second-order valence-corrected chi connectivity index (χ2v) is 6.77. The van der Waals surface area contributed by atoms with Gasteiger partial charge in [-0.2, -0.15) is 0 Å². The topological polar surface area (TPSA) is 98.3 Å². The number of halogens is 1. The Balaban J connectivity index is 0.00000256. The van der Waals surface area contributed by atoms with Crippen molar-refractivity contribution < 1.29 is 14.8 Å². The van der Waals surface area contributed by atoms with E-state index in [1.807, 2.05) is 17.0 Å². The van der Waals surface area contributed by atoms with Crippen LogP contribution in [0.2, 0.25) is 0 Å². The number of rotatable bonds is 4. The van der Waals surface area contributed by atoms with Crippen molar-refractivity contribution in [2.75, 3.05) is 6.54 Å². The predicted octanol–water partition coefficient (Wildman–Crippen LogP) is 3.10. The number of hydrogen-bond acceptors (Lipinski definition) is 4. The minimum atomic E-state index is -0.635. The van der Waals surface area contributed by atoms with Gasteiger partial charge in [0.25, 0.3) is 5.91 Å². The largest absolute Gasteiger partial charge is 0.358 e. The van der Waals surface area contributed by atoms with Gasteiger partial charge in [-0.05, 0) is 30.4 Å². The zero-order valence-electron chi connectivity index (χ0n) is 16.0. The molecule has 0 unspecified atom stereocenters. The molecule has 0 fully saturated rings. The van der Waals surface area contributed by atoms with Crippen LogP contribution < -0.4 is 5.48 Å². The first-order chi connectivity index (χ1) is 14.1. The third-order valence-corrected chi connectivity index (χ3v) is 4.90. The molecule has 0 bridgehead atoms. The van der Waals surface area contributed by atoms with E-state index in [1.165, 1.54) is 35.0 Å². The van der Waals surface area contributed by atoms with Crippen molar-refractivity contribution in [1.82, 2.24) is 20.3 Å². The molecule has 4 rings (SSSR count). The summed E-state index contributed by atoms with van der Waals surface area (Å²) in [5.74, 6) is -0.701. The number of aromatic amines is 1. The maximum Gasteiger partial charge on any atom is 0.267 e. The normalized spacial score (nSPS) is 13.4. The van der Waals surface area contributed by atoms with Crippen LogP contribution >= 0.6 is 12.4 Å². The molecule has 2 aromatic heterocycles. The number of carbonyl (C=O) groups is 2. The molecule has 1 aromatic carbocycles. The molecule has 0 saturated heterocycles. The zero-order valence-corrected chi connectivity index (χ0v) is 16.9. The Kier molecular flexibility index (Phi) is 6.66. The Hall–Kier alpha value is -3.42. The smallest absolute Gasteiger partial charge is 0.267 e. The van der Waals surface area contributed by atoms with Crippen LogP contribution in [0.25, 0.3) is 23.1 Å². The minimum absolute atomic E-state index is 0. The van der Waals surface area contributed by atoms with Gasteiger partial charge < -0.3 is 9.88 Å². The first-order valence-electron chi connectivity index (χ1n) is 9.28. The molecule has 3 heterocycles. The summed E-state index contributed by atoms with van der Waals surface area (Å²) in [6.45, 7) is 1.24. The molecule has 2 amide bonds. The van der Waals surface area contributed by atoms with Gasteiger partial charge >= 0.3 is 0 Å². The summed E-state index contributed by atoms with van der Waals surface area (Å²) in [4.78, 5) is 33.4. The number of amides is 2. The molecule has 1 aliphatic heterocycles. The fourth-order valence-corrected chi connectivity index (χ4v) is 3.47. The third kappa shape index (κ3) is 4.59. The van der Waals surface area contributed by atoms with E-state index < -0.39 is 5.91 Å². The quantitative estimate of drug-likeness (QED) is 0.340. The van der Waals surface area contributed by atoms with E-state index in [0.717, 1.165) is 17.3 Å². The molecule has 7 nitrogen and oxygen atoms in total. The number of H-pyrrole nitrogens is 1. The summed E-state index contributed by atoms with van der Waals surface area (Å²) >= 11 is 0. The van der Waals surface area contributed by atoms with Crippen molar-refractivity contribution in [1.29, 1.82) is 0 Å². The molecular formula is C22H21ClN4O3. The summed E-state index contributed by atoms with van der Waals surface area (Å²) in [7, 11) is 0. The van der Waals surface area contributed by atoms with Gasteiger partial charge in [-0.15, -0.1) is 12.4 Å². The van der Waals surface area contributed by atoms with Crippen LogP contribution in [0.5, 0.6) is 0 Å². The lowest BCUT2D eigenvalue weighted by Crippen LogP contribution is -2.34. The molecule has 8 heteroatoms. The van der Waals surface area contributed by atoms with E-state index in [1.54, 1.807) is 24.3 Å². The highest BCUT2D eigenvalue weighted by molar-refractivity contribution is 5.93. The second-order valence-electron chi connectivity index (χ2n) is 6.77. The van der Waals surface area contributed by atoms with Gasteiger partial charge in [0.1, 0.15) is 0 Å². The van der Waals surface area contributed by atoms with Crippen LogP contribution in [0.3, 0.4) is 0 Å². The Morgan fingerprint density at radius 2 is 1.80 bits per heavy atom. The Labute approximate surface area is 179 Å². The number of fused-ring (bicyclic) bond motifs is 3. The van der Waals surface area contributed by atoms with Crippen molar-refractivity contribution in [3.63, 3.8) is 0 Å². The number of nitrogens with one attached hydrogen (secondary N) is 2. The number of para-hydroxylation sites is 1. The Morgan fingerprint density at radius 1 is 1.07 bits per heavy atom. The average Bonchev–Trinajstić information content (AvgIpc) is 3.14. The van der Waals surface area contributed by atoms with Crippen LogP contribution in [-0.4, -0.2) is 38.4 Å². The summed E-state index contributed by atoms with van der Waals surface area (Å²) < 4.78 is 0. The van der Waals surface area contributed by atoms with Gasteiger partial charge in [0, 0.05) is 53.8 Å². The van der Waals surface area contributed by atoms with Crippen LogP contribution in [0.4, 0.5) is 0 Å². The Bertz CT molecular complexity index is 1140. The van der Waals surface area contributed by atoms with Gasteiger partial charge in [-0.1, -0.05) is 24.3 Å². The molecule has 1 aliphatic rings. The number of hydrogen-bond donors (Lipinski definition) is 3. The maximum absolute atomic E-state index is 12.7. The van der Waals surface area contributed by atoms with E-state index in [-0.39, 0.29) is 18.3 Å². The number of hydroxylamine groups is 1. The monoisotopic (exact) mass is 424 g/mol. The lowest BCUT2D eigenvalue weighted by Gasteiger charge is -2.26. The summed E-state index contributed by atoms with van der Waals surface area (Å²) in [6, 6.07) is 13.4. The lowest BCUT2D eigenvalue weighted by molar-refractivity contribution is -0.127. The number of nitrogens with zero attached hydrogens (tertiary/aromatic N) is 2. The van der Waals surface area contributed by atoms with Crippen LogP contribution in [-0.2, 0) is 22.6 Å². The van der Waals surface area contributed by atoms with Crippen molar-refractivity contribution >= 4 is 47.3 Å². The molecular weight excluding hydrogens is 404 g/mol. The van der Waals surface area contributed by atoms with Crippen molar-refractivity contribution in [3.05, 3.63) is 77.3 Å². The highest BCUT2D eigenvalue weighted by Gasteiger charge is 2.22. The van der Waals surface area contributed by atoms with E-state index >= 15 is 0 Å². The third-order valence-electron chi connectivity index (χ3n) is 4.90. The van der Waals surface area contributed by atoms with Crippen LogP contribution in [0.1, 0.15) is 22.6 Å². The van der Waals surface area contributed by atoms with Crippen molar-refractivity contribution in [3.8, 4) is 0 Å². The standard InChI is InChI=1S/C22H20N4O3.ClH/c27-21(25-29)10-8-15-4-3-5-16(23-15)9-11-22(28)26-13-12-20-18(14-26)17-6-1-2-7-19(17)24-20;/h1-11,24,29H,12-14H2,(H,25,27);1H/b10-8+,11-9+;. The summed E-state index contributed by atoms with van der Waals surface area (Å²) in [5, 5.41) is 9.68. The second kappa shape index (κ2) is 9.39. The fourth-order valence-electron chi connectivity index (χ4n) is 3.47. The molecule has 3 N–H and O–H groups in total. The lowest BCUT2D eigenvalue weighted by atomic mass is 10.0. The first kappa shape index (κ1) is 21.3. The number of pyridine rings is 1. The zero-order chi connectivity index (χ0) is 20.2. The van der Waals surface area contributed by atoms with Crippen molar-refractivity contribution in [2.24, 2.45) is 0 Å². The SMILES string of the molecule is Cl.O=C(/C=C/c1cccc(/C=C/C(=O)N2CCc3[nH]c4ccccc4c3C2)n1)NO. The van der Waals surface area contributed by atoms with E-state index in [9.17, 15) is 9.59 Å². The van der Waals surface area contributed by atoms with Gasteiger partial charge in [0.2, 0.25) is 5.91 Å². The fraction of sp³-hybridized carbons (Fsp3) is 0.136. The number of aromatic nitrogens is 2. The number of carbonyl (C=O) groups excluding carboxylic acids is 2.